The molecule has 0 atom stereocenters. The molecule has 0 unspecified atom stereocenters. The Morgan fingerprint density at radius 1 is 1.22 bits per heavy atom. The first-order valence-electron chi connectivity index (χ1n) is 6.82. The summed E-state index contributed by atoms with van der Waals surface area (Å²) in [5, 5.41) is 11.6. The number of aromatic nitrogens is 3. The van der Waals surface area contributed by atoms with Crippen molar-refractivity contribution in [1.29, 1.82) is 0 Å². The zero-order chi connectivity index (χ0) is 16.1. The lowest BCUT2D eigenvalue weighted by Gasteiger charge is -2.04. The molecule has 5 nitrogen and oxygen atoms in total. The van der Waals surface area contributed by atoms with Crippen molar-refractivity contribution < 1.29 is 9.15 Å². The summed E-state index contributed by atoms with van der Waals surface area (Å²) in [6.45, 7) is 0. The smallest absolute Gasteiger partial charge is 0.276 e. The second kappa shape index (κ2) is 7.85. The molecule has 3 rings (SSSR count). The molecule has 3 aromatic rings. The van der Waals surface area contributed by atoms with E-state index in [1.54, 1.807) is 30.2 Å². The van der Waals surface area contributed by atoms with E-state index >= 15 is 0 Å². The summed E-state index contributed by atoms with van der Waals surface area (Å²) in [7, 11) is 1.67. The van der Waals surface area contributed by atoms with Crippen LogP contribution in [0.2, 0.25) is 0 Å². The fourth-order valence-corrected chi connectivity index (χ4v) is 3.92. The van der Waals surface area contributed by atoms with Crippen LogP contribution in [0.4, 0.5) is 0 Å². The number of thiazole rings is 1. The van der Waals surface area contributed by atoms with Crippen molar-refractivity contribution in [2.75, 3.05) is 13.4 Å². The van der Waals surface area contributed by atoms with Crippen molar-refractivity contribution in [3.8, 4) is 16.3 Å². The van der Waals surface area contributed by atoms with Gasteiger partial charge in [-0.25, -0.2) is 4.98 Å². The van der Waals surface area contributed by atoms with Crippen LogP contribution in [0, 0.1) is 0 Å². The minimum absolute atomic E-state index is 0.584. The molecular weight excluding hydrogens is 350 g/mol. The van der Waals surface area contributed by atoms with Gasteiger partial charge in [-0.3, -0.25) is 0 Å². The van der Waals surface area contributed by atoms with E-state index in [9.17, 15) is 0 Å². The number of thioether (sulfide) groups is 2. The Labute approximate surface area is 146 Å². The van der Waals surface area contributed by atoms with Crippen LogP contribution in [-0.4, -0.2) is 28.5 Å². The first kappa shape index (κ1) is 16.4. The van der Waals surface area contributed by atoms with E-state index in [0.717, 1.165) is 27.8 Å². The van der Waals surface area contributed by atoms with E-state index in [0.29, 0.717) is 16.9 Å². The van der Waals surface area contributed by atoms with E-state index in [1.807, 2.05) is 35.9 Å². The monoisotopic (exact) mass is 365 g/mol. The topological polar surface area (TPSA) is 61.0 Å². The fourth-order valence-electron chi connectivity index (χ4n) is 1.93. The number of hydrogen-bond donors (Lipinski definition) is 0. The molecule has 0 aliphatic heterocycles. The lowest BCUT2D eigenvalue weighted by molar-refractivity contribution is 0.416. The highest BCUT2D eigenvalue weighted by Gasteiger charge is 2.11. The number of rotatable bonds is 7. The Balaban J connectivity index is 1.67. The largest absolute Gasteiger partial charge is 0.496 e. The summed E-state index contributed by atoms with van der Waals surface area (Å²) in [6, 6.07) is 7.89. The normalized spacial score (nSPS) is 10.9. The zero-order valence-electron chi connectivity index (χ0n) is 12.7. The Hall–Kier alpha value is -1.51. The van der Waals surface area contributed by atoms with Crippen molar-refractivity contribution in [3.63, 3.8) is 0 Å². The van der Waals surface area contributed by atoms with Gasteiger partial charge in [0.15, 0.2) is 0 Å². The highest BCUT2D eigenvalue weighted by Crippen LogP contribution is 2.33. The van der Waals surface area contributed by atoms with Crippen LogP contribution in [-0.2, 0) is 11.5 Å². The molecule has 0 amide bonds. The molecule has 23 heavy (non-hydrogen) atoms. The van der Waals surface area contributed by atoms with Gasteiger partial charge in [0.2, 0.25) is 5.89 Å². The minimum atomic E-state index is 0.584. The summed E-state index contributed by atoms with van der Waals surface area (Å²) in [5.74, 6) is 2.93. The summed E-state index contributed by atoms with van der Waals surface area (Å²) in [4.78, 5) is 4.67. The maximum Gasteiger partial charge on any atom is 0.276 e. The van der Waals surface area contributed by atoms with Crippen molar-refractivity contribution in [3.05, 3.63) is 41.2 Å². The maximum absolute atomic E-state index is 5.55. The molecule has 0 aliphatic rings. The third-order valence-electron chi connectivity index (χ3n) is 2.95. The number of benzene rings is 1. The fraction of sp³-hybridized carbons (Fsp3) is 0.267. The average Bonchev–Trinajstić information content (AvgIpc) is 3.22. The third kappa shape index (κ3) is 4.07. The first-order chi connectivity index (χ1) is 11.3. The van der Waals surface area contributed by atoms with Crippen LogP contribution in [0.5, 0.6) is 5.75 Å². The van der Waals surface area contributed by atoms with E-state index in [2.05, 4.69) is 15.2 Å². The highest BCUT2D eigenvalue weighted by molar-refractivity contribution is 7.98. The van der Waals surface area contributed by atoms with Gasteiger partial charge in [-0.1, -0.05) is 23.9 Å². The molecule has 8 heteroatoms. The molecule has 0 saturated carbocycles. The molecule has 1 aromatic carbocycles. The predicted molar refractivity (Wildman–Crippen MR) is 95.2 cm³/mol. The number of para-hydroxylation sites is 1. The molecule has 0 bridgehead atoms. The van der Waals surface area contributed by atoms with Crippen molar-refractivity contribution >= 4 is 34.9 Å². The molecule has 0 N–H and O–H groups in total. The van der Waals surface area contributed by atoms with Gasteiger partial charge < -0.3 is 9.15 Å². The molecule has 2 heterocycles. The third-order valence-corrected chi connectivity index (χ3v) is 5.26. The zero-order valence-corrected chi connectivity index (χ0v) is 15.1. The Kier molecular flexibility index (Phi) is 5.58. The molecule has 0 saturated heterocycles. The summed E-state index contributed by atoms with van der Waals surface area (Å²) in [5.41, 5.74) is 2.00. The van der Waals surface area contributed by atoms with Crippen molar-refractivity contribution in [1.82, 2.24) is 15.2 Å². The quantitative estimate of drug-likeness (QED) is 0.577. The highest BCUT2D eigenvalue weighted by atomic mass is 32.2. The van der Waals surface area contributed by atoms with Gasteiger partial charge in [0.25, 0.3) is 5.22 Å². The summed E-state index contributed by atoms with van der Waals surface area (Å²) < 4.78 is 10.9. The minimum Gasteiger partial charge on any atom is -0.496 e. The van der Waals surface area contributed by atoms with Crippen molar-refractivity contribution in [2.24, 2.45) is 0 Å². The molecule has 0 radical (unpaired) electrons. The molecule has 0 fully saturated rings. The van der Waals surface area contributed by atoms with Crippen LogP contribution < -0.4 is 4.74 Å². The Bertz CT molecular complexity index is 773. The SMILES string of the molecule is COc1ccccc1-c1nc(CSc2nnc(CSC)o2)cs1. The van der Waals surface area contributed by atoms with Crippen LogP contribution >= 0.6 is 34.9 Å². The number of nitrogens with zero attached hydrogens (tertiary/aromatic N) is 3. The van der Waals surface area contributed by atoms with Gasteiger partial charge in [0, 0.05) is 11.1 Å². The lowest BCUT2D eigenvalue weighted by atomic mass is 10.2. The van der Waals surface area contributed by atoms with Gasteiger partial charge in [-0.15, -0.1) is 21.5 Å². The van der Waals surface area contributed by atoms with Crippen LogP contribution in [0.15, 0.2) is 39.3 Å². The first-order valence-corrected chi connectivity index (χ1v) is 10.1. The predicted octanol–water partition coefficient (Wildman–Crippen LogP) is 4.36. The number of ether oxygens (including phenoxy) is 1. The van der Waals surface area contributed by atoms with Gasteiger partial charge in [-0.2, -0.15) is 11.8 Å². The molecule has 0 spiro atoms. The standard InChI is InChI=1S/C15H15N3O2S3/c1-19-12-6-4-3-5-11(12)14-16-10(7-22-14)8-23-15-18-17-13(20-15)9-21-2/h3-7H,8-9H2,1-2H3. The van der Waals surface area contributed by atoms with E-state index in [-0.39, 0.29) is 0 Å². The average molecular weight is 366 g/mol. The maximum atomic E-state index is 5.55. The molecule has 2 aromatic heterocycles. The van der Waals surface area contributed by atoms with Crippen LogP contribution in [0.25, 0.3) is 10.6 Å². The molecule has 120 valence electrons. The molecular formula is C15H15N3O2S3. The van der Waals surface area contributed by atoms with Gasteiger partial charge in [0.1, 0.15) is 10.8 Å². The van der Waals surface area contributed by atoms with Crippen LogP contribution in [0.3, 0.4) is 0 Å². The molecule has 0 aliphatic carbocycles. The van der Waals surface area contributed by atoms with E-state index in [4.69, 9.17) is 9.15 Å². The lowest BCUT2D eigenvalue weighted by Crippen LogP contribution is -1.87. The van der Waals surface area contributed by atoms with Gasteiger partial charge in [0.05, 0.1) is 24.1 Å². The van der Waals surface area contributed by atoms with E-state index < -0.39 is 0 Å². The van der Waals surface area contributed by atoms with E-state index in [1.165, 1.54) is 11.8 Å². The summed E-state index contributed by atoms with van der Waals surface area (Å²) >= 11 is 4.77. The Morgan fingerprint density at radius 2 is 2.09 bits per heavy atom. The second-order valence-corrected chi connectivity index (χ2v) is 7.18. The number of methoxy groups -OCH3 is 1. The second-order valence-electron chi connectivity index (χ2n) is 4.53. The van der Waals surface area contributed by atoms with Crippen molar-refractivity contribution in [2.45, 2.75) is 16.7 Å². The Morgan fingerprint density at radius 3 is 2.91 bits per heavy atom. The number of hydrogen-bond acceptors (Lipinski definition) is 8. The summed E-state index contributed by atoms with van der Waals surface area (Å²) in [6.07, 6.45) is 2.01. The van der Waals surface area contributed by atoms with Gasteiger partial charge in [-0.05, 0) is 18.4 Å². The van der Waals surface area contributed by atoms with Gasteiger partial charge >= 0.3 is 0 Å². The van der Waals surface area contributed by atoms with Crippen LogP contribution in [0.1, 0.15) is 11.6 Å².